The molecule has 2 aromatic rings. The Bertz CT molecular complexity index is 772. The zero-order valence-electron chi connectivity index (χ0n) is 14.8. The highest BCUT2D eigenvalue weighted by Gasteiger charge is 2.11. The molecule has 0 bridgehead atoms. The minimum Gasteiger partial charge on any atom is -0.299 e. The molecular weight excluding hydrogens is 310 g/mol. The van der Waals surface area contributed by atoms with E-state index in [-0.39, 0.29) is 0 Å². The molecule has 2 rings (SSSR count). The van der Waals surface area contributed by atoms with Crippen LogP contribution in [0, 0.1) is 11.3 Å². The lowest BCUT2D eigenvalue weighted by atomic mass is 9.99. The molecule has 0 N–H and O–H groups in total. The van der Waals surface area contributed by atoms with Crippen molar-refractivity contribution in [2.75, 3.05) is 7.05 Å². The molecule has 0 aromatic heterocycles. The van der Waals surface area contributed by atoms with E-state index in [1.54, 1.807) is 11.9 Å². The Morgan fingerprint density at radius 2 is 1.92 bits per heavy atom. The first-order chi connectivity index (χ1) is 12.2. The molecule has 0 radical (unpaired) electrons. The maximum absolute atomic E-state index is 11.5. The first kappa shape index (κ1) is 18.4. The van der Waals surface area contributed by atoms with Gasteiger partial charge in [0.05, 0.1) is 18.2 Å². The van der Waals surface area contributed by atoms with Crippen LogP contribution in [0.2, 0.25) is 0 Å². The van der Waals surface area contributed by atoms with Crippen LogP contribution in [0.4, 0.5) is 0 Å². The summed E-state index contributed by atoms with van der Waals surface area (Å²) < 4.78 is 0. The lowest BCUT2D eigenvalue weighted by molar-refractivity contribution is -0.115. The Morgan fingerprint density at radius 3 is 2.52 bits per heavy atom. The van der Waals surface area contributed by atoms with Crippen LogP contribution in [-0.4, -0.2) is 24.2 Å². The van der Waals surface area contributed by atoms with E-state index in [1.807, 2.05) is 48.5 Å². The van der Waals surface area contributed by atoms with Gasteiger partial charge in [-0.25, -0.2) is 0 Å². The normalized spacial score (nSPS) is 11.0. The van der Waals surface area contributed by atoms with Crippen molar-refractivity contribution in [1.29, 1.82) is 5.26 Å². The number of benzene rings is 2. The third-order valence-corrected chi connectivity index (χ3v) is 4.14. The maximum atomic E-state index is 11.5. The summed E-state index contributed by atoms with van der Waals surface area (Å²) in [6.07, 6.45) is 3.73. The van der Waals surface area contributed by atoms with E-state index in [1.165, 1.54) is 0 Å². The van der Waals surface area contributed by atoms with E-state index < -0.39 is 0 Å². The summed E-state index contributed by atoms with van der Waals surface area (Å²) in [5.74, 6) is 0.816. The average Bonchev–Trinajstić information content (AvgIpc) is 2.68. The molecule has 1 amide bonds. The number of aliphatic imine (C=N–C) groups is 1. The second-order valence-electron chi connectivity index (χ2n) is 5.83. The lowest BCUT2D eigenvalue weighted by Gasteiger charge is -2.19. The number of unbranched alkanes of at least 4 members (excludes halogenated alkanes) is 1. The highest BCUT2D eigenvalue weighted by molar-refractivity contribution is 5.90. The molecule has 128 valence electrons. The van der Waals surface area contributed by atoms with Crippen LogP contribution in [0.3, 0.4) is 0 Å². The molecule has 4 nitrogen and oxygen atoms in total. The number of rotatable bonds is 7. The molecule has 2 aromatic carbocycles. The summed E-state index contributed by atoms with van der Waals surface area (Å²) in [6.45, 7) is 2.62. The molecule has 0 unspecified atom stereocenters. The number of nitrogens with zero attached hydrogens (tertiary/aromatic N) is 3. The predicted molar refractivity (Wildman–Crippen MR) is 101 cm³/mol. The molecule has 0 aliphatic rings. The van der Waals surface area contributed by atoms with E-state index in [0.717, 1.165) is 48.2 Å². The van der Waals surface area contributed by atoms with Crippen molar-refractivity contribution < 1.29 is 4.79 Å². The highest BCUT2D eigenvalue weighted by atomic mass is 16.1. The van der Waals surface area contributed by atoms with Gasteiger partial charge in [0, 0.05) is 13.5 Å². The van der Waals surface area contributed by atoms with Gasteiger partial charge in [-0.1, -0.05) is 55.8 Å². The van der Waals surface area contributed by atoms with Crippen molar-refractivity contribution in [3.8, 4) is 17.2 Å². The van der Waals surface area contributed by atoms with Crippen LogP contribution in [-0.2, 0) is 11.3 Å². The molecule has 0 aliphatic carbocycles. The van der Waals surface area contributed by atoms with Crippen LogP contribution in [0.5, 0.6) is 0 Å². The van der Waals surface area contributed by atoms with E-state index in [0.29, 0.717) is 12.1 Å². The van der Waals surface area contributed by atoms with Crippen LogP contribution in [0.25, 0.3) is 11.1 Å². The second kappa shape index (κ2) is 9.39. The van der Waals surface area contributed by atoms with Crippen molar-refractivity contribution >= 4 is 12.2 Å². The summed E-state index contributed by atoms with van der Waals surface area (Å²) in [7, 11) is 1.73. The fourth-order valence-electron chi connectivity index (χ4n) is 2.73. The lowest BCUT2D eigenvalue weighted by Crippen LogP contribution is -2.29. The number of hydrogen-bond acceptors (Lipinski definition) is 3. The standard InChI is InChI=1S/C21H23N3O/c1-3-4-9-21(23-2)24(16-25)15-17-10-12-18(13-11-17)20-8-6-5-7-19(20)14-22/h5-8,10-13,16H,3-4,9,15H2,1-2H3. The minimum atomic E-state index is 0.500. The molecule has 0 saturated carbocycles. The second-order valence-corrected chi connectivity index (χ2v) is 5.83. The monoisotopic (exact) mass is 333 g/mol. The number of amidine groups is 1. The van der Waals surface area contributed by atoms with Gasteiger partial charge < -0.3 is 0 Å². The fourth-order valence-corrected chi connectivity index (χ4v) is 2.73. The summed E-state index contributed by atoms with van der Waals surface area (Å²) >= 11 is 0. The fraction of sp³-hybridized carbons (Fsp3) is 0.286. The van der Waals surface area contributed by atoms with Crippen LogP contribution >= 0.6 is 0 Å². The van der Waals surface area contributed by atoms with E-state index >= 15 is 0 Å². The van der Waals surface area contributed by atoms with Gasteiger partial charge >= 0.3 is 0 Å². The van der Waals surface area contributed by atoms with Crippen molar-refractivity contribution in [3.63, 3.8) is 0 Å². The van der Waals surface area contributed by atoms with Gasteiger partial charge in [0.25, 0.3) is 0 Å². The Morgan fingerprint density at radius 1 is 1.20 bits per heavy atom. The van der Waals surface area contributed by atoms with Gasteiger partial charge in [-0.05, 0) is 29.2 Å². The Kier molecular flexibility index (Phi) is 6.91. The maximum Gasteiger partial charge on any atom is 0.215 e. The van der Waals surface area contributed by atoms with Crippen LogP contribution < -0.4 is 0 Å². The van der Waals surface area contributed by atoms with Crippen molar-refractivity contribution in [2.24, 2.45) is 4.99 Å². The largest absolute Gasteiger partial charge is 0.299 e. The third kappa shape index (κ3) is 4.77. The van der Waals surface area contributed by atoms with Gasteiger partial charge in [0.1, 0.15) is 5.84 Å². The number of nitriles is 1. The van der Waals surface area contributed by atoms with Gasteiger partial charge in [0.15, 0.2) is 0 Å². The highest BCUT2D eigenvalue weighted by Crippen LogP contribution is 2.23. The van der Waals surface area contributed by atoms with E-state index in [2.05, 4.69) is 18.0 Å². The van der Waals surface area contributed by atoms with Gasteiger partial charge in [0.2, 0.25) is 6.41 Å². The van der Waals surface area contributed by atoms with Crippen molar-refractivity contribution in [1.82, 2.24) is 4.90 Å². The average molecular weight is 333 g/mol. The molecule has 0 heterocycles. The van der Waals surface area contributed by atoms with E-state index in [4.69, 9.17) is 0 Å². The van der Waals surface area contributed by atoms with Crippen LogP contribution in [0.15, 0.2) is 53.5 Å². The Labute approximate surface area is 149 Å². The summed E-state index contributed by atoms with van der Waals surface area (Å²) in [4.78, 5) is 17.4. The van der Waals surface area contributed by atoms with Crippen molar-refractivity contribution in [2.45, 2.75) is 32.7 Å². The van der Waals surface area contributed by atoms with Gasteiger partial charge in [-0.15, -0.1) is 0 Å². The zero-order valence-corrected chi connectivity index (χ0v) is 14.8. The van der Waals surface area contributed by atoms with Gasteiger partial charge in [-0.2, -0.15) is 5.26 Å². The molecule has 0 aliphatic heterocycles. The summed E-state index contributed by atoms with van der Waals surface area (Å²) in [5.41, 5.74) is 3.60. The molecule has 0 spiro atoms. The number of carbonyl (C=O) groups excluding carboxylic acids is 1. The number of hydrogen-bond donors (Lipinski definition) is 0. The Hall–Kier alpha value is -2.93. The Balaban J connectivity index is 2.16. The molecule has 0 fully saturated rings. The molecule has 25 heavy (non-hydrogen) atoms. The zero-order chi connectivity index (χ0) is 18.1. The third-order valence-electron chi connectivity index (χ3n) is 4.14. The van der Waals surface area contributed by atoms with Gasteiger partial charge in [-0.3, -0.25) is 14.7 Å². The number of amides is 1. The minimum absolute atomic E-state index is 0.500. The van der Waals surface area contributed by atoms with Crippen molar-refractivity contribution in [3.05, 3.63) is 59.7 Å². The summed E-state index contributed by atoms with van der Waals surface area (Å²) in [6, 6.07) is 17.7. The smallest absolute Gasteiger partial charge is 0.215 e. The van der Waals surface area contributed by atoms with E-state index in [9.17, 15) is 10.1 Å². The SMILES string of the molecule is CCCCC(=NC)N(C=O)Cc1ccc(-c2ccccc2C#N)cc1. The first-order valence-electron chi connectivity index (χ1n) is 8.49. The molecular formula is C21H23N3O. The number of carbonyl (C=O) groups is 1. The predicted octanol–water partition coefficient (Wildman–Crippen LogP) is 4.40. The summed E-state index contributed by atoms with van der Waals surface area (Å²) in [5, 5.41) is 9.24. The van der Waals surface area contributed by atoms with Crippen LogP contribution in [0.1, 0.15) is 37.3 Å². The molecule has 4 heteroatoms. The molecule has 0 atom stereocenters. The molecule has 0 saturated heterocycles. The quantitative estimate of drug-likeness (QED) is 0.428. The topological polar surface area (TPSA) is 56.5 Å². The first-order valence-corrected chi connectivity index (χ1v) is 8.49.